The topological polar surface area (TPSA) is 46.9 Å². The first-order chi connectivity index (χ1) is 14.9. The van der Waals surface area contributed by atoms with Crippen molar-refractivity contribution in [2.45, 2.75) is 51.3 Å². The summed E-state index contributed by atoms with van der Waals surface area (Å²) >= 11 is 6.41. The SMILES string of the molecule is CCC(C)Oc1ccc(C(=O)N2CCC3(CC2)c2ccc(Cl)n2CCN3C)cc1OC. The molecule has 31 heavy (non-hydrogen) atoms. The average molecular weight is 446 g/mol. The summed E-state index contributed by atoms with van der Waals surface area (Å²) in [6.07, 6.45) is 2.78. The lowest BCUT2D eigenvalue weighted by atomic mass is 9.81. The van der Waals surface area contributed by atoms with Crippen LogP contribution in [0, 0.1) is 0 Å². The predicted octanol–water partition coefficient (Wildman–Crippen LogP) is 4.40. The largest absolute Gasteiger partial charge is 0.493 e. The first-order valence-corrected chi connectivity index (χ1v) is 11.5. The molecule has 3 heterocycles. The van der Waals surface area contributed by atoms with E-state index in [-0.39, 0.29) is 17.6 Å². The Balaban J connectivity index is 1.50. The maximum atomic E-state index is 13.2. The Morgan fingerprint density at radius 2 is 1.87 bits per heavy atom. The number of likely N-dealkylation sites (tertiary alicyclic amines) is 1. The van der Waals surface area contributed by atoms with Crippen LogP contribution in [-0.4, -0.2) is 60.2 Å². The van der Waals surface area contributed by atoms with Crippen LogP contribution in [0.3, 0.4) is 0 Å². The van der Waals surface area contributed by atoms with Gasteiger partial charge in [-0.05, 0) is 63.6 Å². The molecule has 1 spiro atoms. The van der Waals surface area contributed by atoms with Crippen molar-refractivity contribution in [1.82, 2.24) is 14.4 Å². The highest BCUT2D eigenvalue weighted by Crippen LogP contribution is 2.42. The lowest BCUT2D eigenvalue weighted by Crippen LogP contribution is -2.56. The van der Waals surface area contributed by atoms with Gasteiger partial charge in [0.15, 0.2) is 11.5 Å². The summed E-state index contributed by atoms with van der Waals surface area (Å²) in [6.45, 7) is 7.39. The number of likely N-dealkylation sites (N-methyl/N-ethyl adjacent to an activating group) is 1. The van der Waals surface area contributed by atoms with Gasteiger partial charge in [-0.1, -0.05) is 18.5 Å². The van der Waals surface area contributed by atoms with Crippen LogP contribution in [0.4, 0.5) is 0 Å². The maximum absolute atomic E-state index is 13.2. The molecule has 1 unspecified atom stereocenters. The zero-order valence-electron chi connectivity index (χ0n) is 18.9. The fourth-order valence-corrected chi connectivity index (χ4v) is 5.07. The van der Waals surface area contributed by atoms with E-state index in [1.165, 1.54) is 5.69 Å². The second-order valence-electron chi connectivity index (χ2n) is 8.64. The molecule has 0 aliphatic carbocycles. The van der Waals surface area contributed by atoms with Crippen molar-refractivity contribution in [2.75, 3.05) is 33.8 Å². The standard InChI is InChI=1S/C24H32ClN3O3/c1-5-17(2)31-19-7-6-18(16-20(19)30-4)23(29)27-12-10-24(11-13-27)21-8-9-22(25)28(21)15-14-26(24)3/h6-9,16-17H,5,10-15H2,1-4H3. The maximum Gasteiger partial charge on any atom is 0.253 e. The van der Waals surface area contributed by atoms with Crippen molar-refractivity contribution in [2.24, 2.45) is 0 Å². The minimum absolute atomic E-state index is 0.0371. The number of rotatable bonds is 5. The molecule has 4 rings (SSSR count). The lowest BCUT2D eigenvalue weighted by Gasteiger charge is -2.50. The number of halogens is 1. The van der Waals surface area contributed by atoms with Gasteiger partial charge < -0.3 is 18.9 Å². The molecule has 6 nitrogen and oxygen atoms in total. The number of hydrogen-bond acceptors (Lipinski definition) is 4. The number of benzene rings is 1. The van der Waals surface area contributed by atoms with E-state index in [1.54, 1.807) is 13.2 Å². The molecule has 1 saturated heterocycles. The fourth-order valence-electron chi connectivity index (χ4n) is 4.83. The molecule has 1 aromatic heterocycles. The van der Waals surface area contributed by atoms with Crippen LogP contribution in [0.2, 0.25) is 5.15 Å². The van der Waals surface area contributed by atoms with Crippen molar-refractivity contribution in [1.29, 1.82) is 0 Å². The molecule has 7 heteroatoms. The normalized spacial score (nSPS) is 19.2. The highest BCUT2D eigenvalue weighted by molar-refractivity contribution is 6.29. The fraction of sp³-hybridized carbons (Fsp3) is 0.542. The van der Waals surface area contributed by atoms with Crippen LogP contribution in [-0.2, 0) is 12.1 Å². The third kappa shape index (κ3) is 3.92. The summed E-state index contributed by atoms with van der Waals surface area (Å²) in [5.74, 6) is 1.31. The number of methoxy groups -OCH3 is 1. The zero-order chi connectivity index (χ0) is 22.2. The number of amides is 1. The molecule has 2 aliphatic heterocycles. The molecule has 2 aliphatic rings. The molecule has 2 aromatic rings. The van der Waals surface area contributed by atoms with Crippen molar-refractivity contribution in [3.63, 3.8) is 0 Å². The third-order valence-electron chi connectivity index (χ3n) is 6.99. The highest BCUT2D eigenvalue weighted by atomic mass is 35.5. The van der Waals surface area contributed by atoms with Gasteiger partial charge in [0.2, 0.25) is 0 Å². The molecule has 1 atom stereocenters. The molecule has 0 bridgehead atoms. The summed E-state index contributed by atoms with van der Waals surface area (Å²) in [6, 6.07) is 9.61. The van der Waals surface area contributed by atoms with Crippen LogP contribution in [0.5, 0.6) is 11.5 Å². The Labute approximate surface area is 189 Å². The molecule has 0 radical (unpaired) electrons. The molecular weight excluding hydrogens is 414 g/mol. The molecule has 168 valence electrons. The number of piperidine rings is 1. The predicted molar refractivity (Wildman–Crippen MR) is 122 cm³/mol. The molecule has 0 N–H and O–H groups in total. The van der Waals surface area contributed by atoms with Gasteiger partial charge in [-0.3, -0.25) is 9.69 Å². The van der Waals surface area contributed by atoms with Gasteiger partial charge in [0.25, 0.3) is 5.91 Å². The van der Waals surface area contributed by atoms with Gasteiger partial charge >= 0.3 is 0 Å². The van der Waals surface area contributed by atoms with Gasteiger partial charge in [-0.15, -0.1) is 0 Å². The quantitative estimate of drug-likeness (QED) is 0.684. The number of nitrogens with zero attached hydrogens (tertiary/aromatic N) is 3. The molecule has 1 amide bonds. The van der Waals surface area contributed by atoms with E-state index in [0.29, 0.717) is 30.2 Å². The Kier molecular flexibility index (Phi) is 6.22. The van der Waals surface area contributed by atoms with Crippen molar-refractivity contribution in [3.05, 3.63) is 46.7 Å². The lowest BCUT2D eigenvalue weighted by molar-refractivity contribution is 0.0131. The summed E-state index contributed by atoms with van der Waals surface area (Å²) in [5, 5.41) is 0.799. The summed E-state index contributed by atoms with van der Waals surface area (Å²) < 4.78 is 13.6. The van der Waals surface area contributed by atoms with E-state index >= 15 is 0 Å². The Hall–Kier alpha value is -2.18. The number of hydrogen-bond donors (Lipinski definition) is 0. The van der Waals surface area contributed by atoms with Crippen molar-refractivity contribution < 1.29 is 14.3 Å². The number of fused-ring (bicyclic) bond motifs is 2. The van der Waals surface area contributed by atoms with E-state index in [9.17, 15) is 4.79 Å². The minimum atomic E-state index is -0.0617. The summed E-state index contributed by atoms with van der Waals surface area (Å²) in [5.41, 5.74) is 1.84. The number of carbonyl (C=O) groups is 1. The Morgan fingerprint density at radius 1 is 1.13 bits per heavy atom. The smallest absolute Gasteiger partial charge is 0.253 e. The minimum Gasteiger partial charge on any atom is -0.493 e. The van der Waals surface area contributed by atoms with Gasteiger partial charge in [0.05, 0.1) is 18.8 Å². The van der Waals surface area contributed by atoms with Crippen LogP contribution in [0.1, 0.15) is 49.2 Å². The second-order valence-corrected chi connectivity index (χ2v) is 9.03. The van der Waals surface area contributed by atoms with Gasteiger partial charge in [-0.25, -0.2) is 0 Å². The van der Waals surface area contributed by atoms with E-state index in [0.717, 1.165) is 37.5 Å². The zero-order valence-corrected chi connectivity index (χ0v) is 19.6. The summed E-state index contributed by atoms with van der Waals surface area (Å²) in [4.78, 5) is 17.6. The van der Waals surface area contributed by atoms with Crippen LogP contribution in [0.15, 0.2) is 30.3 Å². The van der Waals surface area contributed by atoms with Gasteiger partial charge in [-0.2, -0.15) is 0 Å². The second kappa shape index (κ2) is 8.75. The van der Waals surface area contributed by atoms with Gasteiger partial charge in [0.1, 0.15) is 5.15 Å². The van der Waals surface area contributed by atoms with E-state index in [2.05, 4.69) is 29.5 Å². The molecule has 0 saturated carbocycles. The van der Waals surface area contributed by atoms with Crippen molar-refractivity contribution in [3.8, 4) is 11.5 Å². The number of carbonyl (C=O) groups excluding carboxylic acids is 1. The van der Waals surface area contributed by atoms with Crippen LogP contribution >= 0.6 is 11.6 Å². The first kappa shape index (κ1) is 22.0. The first-order valence-electron chi connectivity index (χ1n) is 11.1. The van der Waals surface area contributed by atoms with E-state index in [4.69, 9.17) is 21.1 Å². The Bertz CT molecular complexity index is 950. The van der Waals surface area contributed by atoms with E-state index in [1.807, 2.05) is 30.0 Å². The molecular formula is C24H32ClN3O3. The number of ether oxygens (including phenoxy) is 2. The highest BCUT2D eigenvalue weighted by Gasteiger charge is 2.44. The Morgan fingerprint density at radius 3 is 2.55 bits per heavy atom. The third-order valence-corrected chi connectivity index (χ3v) is 7.32. The van der Waals surface area contributed by atoms with Crippen molar-refractivity contribution >= 4 is 17.5 Å². The van der Waals surface area contributed by atoms with Crippen LogP contribution in [0.25, 0.3) is 0 Å². The monoisotopic (exact) mass is 445 g/mol. The van der Waals surface area contributed by atoms with Crippen LogP contribution < -0.4 is 9.47 Å². The summed E-state index contributed by atoms with van der Waals surface area (Å²) in [7, 11) is 3.79. The number of aromatic nitrogens is 1. The molecule has 1 fully saturated rings. The average Bonchev–Trinajstić information content (AvgIpc) is 3.18. The van der Waals surface area contributed by atoms with E-state index < -0.39 is 0 Å². The van der Waals surface area contributed by atoms with Gasteiger partial charge in [0, 0.05) is 37.4 Å². The molecule has 1 aromatic carbocycles.